The number of fused-ring (bicyclic) bond motifs is 8. The summed E-state index contributed by atoms with van der Waals surface area (Å²) in [6.45, 7) is 0. The molecule has 0 amide bonds. The van der Waals surface area contributed by atoms with E-state index in [9.17, 15) is 0 Å². The topological polar surface area (TPSA) is 38.7 Å². The Morgan fingerprint density at radius 2 is 0.944 bits per heavy atom. The Balaban J connectivity index is 1.12. The average Bonchev–Trinajstić information content (AvgIpc) is 3.78. The van der Waals surface area contributed by atoms with Crippen molar-refractivity contribution in [2.24, 2.45) is 0 Å². The molecule has 0 bridgehead atoms. The van der Waals surface area contributed by atoms with Gasteiger partial charge in [0, 0.05) is 36.9 Å². The Morgan fingerprint density at radius 3 is 1.69 bits per heavy atom. The molecule has 0 fully saturated rings. The fourth-order valence-corrected chi connectivity index (χ4v) is 9.82. The minimum absolute atomic E-state index is 0.516. The molecule has 0 spiro atoms. The number of hydrogen-bond acceptors (Lipinski definition) is 4. The summed E-state index contributed by atoms with van der Waals surface area (Å²) in [6.07, 6.45) is 0. The summed E-state index contributed by atoms with van der Waals surface area (Å²) in [4.78, 5) is 15.5. The van der Waals surface area contributed by atoms with E-state index in [2.05, 4.69) is 170 Å². The number of rotatable bonds is 5. The first-order valence-electron chi connectivity index (χ1n) is 18.3. The number of hydrogen-bond donors (Lipinski definition) is 0. The maximum Gasteiger partial charge on any atom is 0.164 e. The maximum atomic E-state index is 5.25. The van der Waals surface area contributed by atoms with E-state index in [-0.39, 0.29) is 0 Å². The quantitative estimate of drug-likeness (QED) is 0.179. The van der Waals surface area contributed by atoms with E-state index in [0.717, 1.165) is 16.7 Å². The summed E-state index contributed by atoms with van der Waals surface area (Å²) < 4.78 is 2.56. The molecule has 0 atom stereocenters. The molecule has 10 aromatic rings. The zero-order valence-corrected chi connectivity index (χ0v) is 30.0. The van der Waals surface area contributed by atoms with Gasteiger partial charge in [0.2, 0.25) is 0 Å². The van der Waals surface area contributed by atoms with E-state index in [1.54, 1.807) is 0 Å². The van der Waals surface area contributed by atoms with Crippen LogP contribution in [0.5, 0.6) is 0 Å². The largest absolute Gasteiger partial charge is 0.208 e. The lowest BCUT2D eigenvalue weighted by molar-refractivity contribution is 0.768. The molecule has 54 heavy (non-hydrogen) atoms. The molecular formula is C50H31N3S. The van der Waals surface area contributed by atoms with Crippen molar-refractivity contribution in [2.45, 2.75) is 5.41 Å². The fourth-order valence-electron chi connectivity index (χ4n) is 8.60. The molecule has 2 aromatic heterocycles. The van der Waals surface area contributed by atoms with Crippen LogP contribution >= 0.6 is 11.3 Å². The maximum absolute atomic E-state index is 5.25. The van der Waals surface area contributed by atoms with E-state index in [1.807, 2.05) is 29.5 Å². The van der Waals surface area contributed by atoms with Crippen LogP contribution in [0.2, 0.25) is 0 Å². The van der Waals surface area contributed by atoms with Crippen molar-refractivity contribution >= 4 is 42.3 Å². The Bertz CT molecular complexity index is 3010. The summed E-state index contributed by atoms with van der Waals surface area (Å²) in [6, 6.07) is 67.4. The van der Waals surface area contributed by atoms with Gasteiger partial charge < -0.3 is 0 Å². The third-order valence-electron chi connectivity index (χ3n) is 11.0. The number of thiophene rings is 1. The van der Waals surface area contributed by atoms with Crippen LogP contribution in [-0.2, 0) is 5.41 Å². The minimum atomic E-state index is -0.516. The highest BCUT2D eigenvalue weighted by Gasteiger charge is 2.45. The third-order valence-corrected chi connectivity index (χ3v) is 12.2. The fraction of sp³-hybridized carbons (Fsp3) is 0.0200. The molecule has 0 aliphatic heterocycles. The van der Waals surface area contributed by atoms with Gasteiger partial charge in [0.25, 0.3) is 0 Å². The SMILES string of the molecule is c1ccc(-c2nc(-c3cccc(C4(c5ccccc5)c5ccccc5-c5ccccc54)c3)nc(-c3ccc4sc5c6ccccc6ccc5c4c3)n2)cc1. The number of aromatic nitrogens is 3. The highest BCUT2D eigenvalue weighted by molar-refractivity contribution is 7.26. The standard InChI is InChI=1S/C50H31N3S/c1-3-15-33(16-4-1)47-51-48(53-49(52-47)35-27-29-45-42(31-35)41-28-26-32-14-7-8-21-38(32)46(41)54-45)34-17-13-20-37(30-34)50(36-18-5-2-6-19-36)43-24-11-9-22-39(43)40-23-10-12-25-44(40)50/h1-31H. The molecule has 1 aliphatic rings. The van der Waals surface area contributed by atoms with E-state index < -0.39 is 5.41 Å². The average molecular weight is 706 g/mol. The van der Waals surface area contributed by atoms with Gasteiger partial charge in [-0.05, 0) is 68.4 Å². The molecule has 2 heterocycles. The zero-order chi connectivity index (χ0) is 35.6. The summed E-state index contributed by atoms with van der Waals surface area (Å²) in [5.74, 6) is 1.95. The Labute approximate surface area is 316 Å². The highest BCUT2D eigenvalue weighted by Crippen LogP contribution is 2.56. The van der Waals surface area contributed by atoms with Gasteiger partial charge in [0.15, 0.2) is 17.5 Å². The zero-order valence-electron chi connectivity index (χ0n) is 29.1. The summed E-state index contributed by atoms with van der Waals surface area (Å²) in [5.41, 5.74) is 9.82. The predicted molar refractivity (Wildman–Crippen MR) is 224 cm³/mol. The van der Waals surface area contributed by atoms with Gasteiger partial charge >= 0.3 is 0 Å². The highest BCUT2D eigenvalue weighted by atomic mass is 32.1. The van der Waals surface area contributed by atoms with Crippen LogP contribution in [0.25, 0.3) is 76.2 Å². The van der Waals surface area contributed by atoms with Crippen molar-refractivity contribution in [1.29, 1.82) is 0 Å². The van der Waals surface area contributed by atoms with Crippen LogP contribution in [0, 0.1) is 0 Å². The molecule has 3 nitrogen and oxygen atoms in total. The van der Waals surface area contributed by atoms with Crippen LogP contribution in [0.1, 0.15) is 22.3 Å². The lowest BCUT2D eigenvalue weighted by Crippen LogP contribution is -2.28. The second-order valence-electron chi connectivity index (χ2n) is 13.9. The predicted octanol–water partition coefficient (Wildman–Crippen LogP) is 12.8. The van der Waals surface area contributed by atoms with Crippen LogP contribution in [0.3, 0.4) is 0 Å². The van der Waals surface area contributed by atoms with Gasteiger partial charge in [-0.2, -0.15) is 0 Å². The van der Waals surface area contributed by atoms with Crippen molar-refractivity contribution in [3.8, 4) is 45.3 Å². The Morgan fingerprint density at radius 1 is 0.370 bits per heavy atom. The molecule has 0 N–H and O–H groups in total. The Hall–Kier alpha value is -6.75. The van der Waals surface area contributed by atoms with E-state index >= 15 is 0 Å². The monoisotopic (exact) mass is 705 g/mol. The Kier molecular flexibility index (Phi) is 6.94. The molecule has 0 saturated heterocycles. The van der Waals surface area contributed by atoms with Gasteiger partial charge in [0.05, 0.1) is 5.41 Å². The van der Waals surface area contributed by atoms with Crippen molar-refractivity contribution in [2.75, 3.05) is 0 Å². The van der Waals surface area contributed by atoms with Crippen molar-refractivity contribution in [3.63, 3.8) is 0 Å². The number of nitrogens with zero attached hydrogens (tertiary/aromatic N) is 3. The van der Waals surface area contributed by atoms with Gasteiger partial charge in [-0.15, -0.1) is 11.3 Å². The van der Waals surface area contributed by atoms with Crippen molar-refractivity contribution in [1.82, 2.24) is 15.0 Å². The lowest BCUT2D eigenvalue weighted by Gasteiger charge is -2.34. The van der Waals surface area contributed by atoms with Crippen LogP contribution < -0.4 is 0 Å². The number of benzene rings is 8. The lowest BCUT2D eigenvalue weighted by atomic mass is 9.67. The van der Waals surface area contributed by atoms with Crippen LogP contribution in [0.4, 0.5) is 0 Å². The van der Waals surface area contributed by atoms with Crippen LogP contribution in [0.15, 0.2) is 188 Å². The molecule has 4 heteroatoms. The third kappa shape index (κ3) is 4.64. The van der Waals surface area contributed by atoms with E-state index in [0.29, 0.717) is 17.5 Å². The molecule has 0 radical (unpaired) electrons. The summed E-state index contributed by atoms with van der Waals surface area (Å²) in [5, 5.41) is 5.01. The van der Waals surface area contributed by atoms with Gasteiger partial charge in [0.1, 0.15) is 0 Å². The van der Waals surface area contributed by atoms with Gasteiger partial charge in [-0.25, -0.2) is 15.0 Å². The minimum Gasteiger partial charge on any atom is -0.208 e. The first-order valence-corrected chi connectivity index (χ1v) is 19.1. The summed E-state index contributed by atoms with van der Waals surface area (Å²) >= 11 is 1.84. The van der Waals surface area contributed by atoms with E-state index in [4.69, 9.17) is 15.0 Å². The normalized spacial score (nSPS) is 13.0. The molecule has 0 unspecified atom stereocenters. The molecule has 11 rings (SSSR count). The van der Waals surface area contributed by atoms with Crippen molar-refractivity contribution < 1.29 is 0 Å². The summed E-state index contributed by atoms with van der Waals surface area (Å²) in [7, 11) is 0. The first kappa shape index (κ1) is 30.8. The smallest absolute Gasteiger partial charge is 0.164 e. The molecule has 1 aliphatic carbocycles. The van der Waals surface area contributed by atoms with E-state index in [1.165, 1.54) is 64.3 Å². The van der Waals surface area contributed by atoms with Crippen molar-refractivity contribution in [3.05, 3.63) is 210 Å². The van der Waals surface area contributed by atoms with Gasteiger partial charge in [-0.3, -0.25) is 0 Å². The van der Waals surface area contributed by atoms with Crippen LogP contribution in [-0.4, -0.2) is 15.0 Å². The van der Waals surface area contributed by atoms with Gasteiger partial charge in [-0.1, -0.05) is 164 Å². The molecule has 252 valence electrons. The first-order chi connectivity index (χ1) is 26.8. The molecule has 8 aromatic carbocycles. The molecule has 0 saturated carbocycles. The molecular weight excluding hydrogens is 675 g/mol. The second-order valence-corrected chi connectivity index (χ2v) is 15.0. The second kappa shape index (κ2) is 12.2.